The number of rotatable bonds is 6. The fraction of sp³-hybridized carbons (Fsp3) is 0.750. The van der Waals surface area contributed by atoms with Crippen molar-refractivity contribution in [3.05, 3.63) is 12.7 Å². The topological polar surface area (TPSA) is 96.9 Å². The molecule has 1 amide bonds. The molecule has 1 rings (SSSR count). The predicted molar refractivity (Wildman–Crippen MR) is 85.6 cm³/mol. The van der Waals surface area contributed by atoms with Gasteiger partial charge in [0, 0.05) is 12.0 Å². The molecule has 0 saturated carbocycles. The lowest BCUT2D eigenvalue weighted by Gasteiger charge is -2.24. The summed E-state index contributed by atoms with van der Waals surface area (Å²) in [6.45, 7) is 8.90. The van der Waals surface area contributed by atoms with E-state index < -0.39 is 29.9 Å². The second kappa shape index (κ2) is 8.31. The molecule has 1 heterocycles. The van der Waals surface area contributed by atoms with Crippen LogP contribution in [0.15, 0.2) is 12.7 Å². The molecule has 3 N–H and O–H groups in total. The first kappa shape index (κ1) is 19.4. The summed E-state index contributed by atoms with van der Waals surface area (Å²) < 4.78 is 9.90. The van der Waals surface area contributed by atoms with Crippen LogP contribution in [0.5, 0.6) is 0 Å². The molecule has 7 heteroatoms. The Morgan fingerprint density at radius 3 is 2.65 bits per heavy atom. The Balaban J connectivity index is 2.66. The number of amides is 1. The Labute approximate surface area is 137 Å². The summed E-state index contributed by atoms with van der Waals surface area (Å²) in [5.41, 5.74) is -0.658. The zero-order valence-electron chi connectivity index (χ0n) is 14.3. The average Bonchev–Trinajstić information content (AvgIpc) is 2.75. The molecule has 132 valence electrons. The molecule has 0 unspecified atom stereocenters. The number of hydrogen-bond donors (Lipinski definition) is 3. The fourth-order valence-electron chi connectivity index (χ4n) is 2.64. The Hall–Kier alpha value is -1.60. The van der Waals surface area contributed by atoms with Crippen molar-refractivity contribution in [2.24, 2.45) is 5.92 Å². The molecule has 1 aliphatic heterocycles. The van der Waals surface area contributed by atoms with E-state index in [-0.39, 0.29) is 18.4 Å². The van der Waals surface area contributed by atoms with E-state index in [1.54, 1.807) is 26.8 Å². The number of nitrogens with one attached hydrogen (secondary N) is 2. The molecule has 1 fully saturated rings. The number of esters is 1. The Kier molecular flexibility index (Phi) is 7.02. The number of carbonyl (C=O) groups is 2. The highest BCUT2D eigenvalue weighted by Gasteiger charge is 2.36. The molecule has 0 aromatic rings. The van der Waals surface area contributed by atoms with Gasteiger partial charge in [-0.2, -0.15) is 0 Å². The van der Waals surface area contributed by atoms with Crippen molar-refractivity contribution in [1.29, 1.82) is 0 Å². The van der Waals surface area contributed by atoms with Crippen LogP contribution in [-0.2, 0) is 14.3 Å². The van der Waals surface area contributed by atoms with Gasteiger partial charge in [0.05, 0.1) is 7.11 Å². The van der Waals surface area contributed by atoms with Crippen LogP contribution in [0.3, 0.4) is 0 Å². The van der Waals surface area contributed by atoms with Crippen LogP contribution in [0.1, 0.15) is 40.0 Å². The molecule has 1 aliphatic rings. The Morgan fingerprint density at radius 2 is 2.13 bits per heavy atom. The number of hydrogen-bond acceptors (Lipinski definition) is 6. The predicted octanol–water partition coefficient (Wildman–Crippen LogP) is 1.32. The van der Waals surface area contributed by atoms with E-state index in [1.165, 1.54) is 7.11 Å². The van der Waals surface area contributed by atoms with Crippen LogP contribution in [0.25, 0.3) is 0 Å². The summed E-state index contributed by atoms with van der Waals surface area (Å²) in [6.07, 6.45) is 2.06. The standard InChI is InChI=1S/C16H28N2O5/c1-6-7-11-8-10(13(19)17-11)9-12(14(20)22-5)18-15(21)23-16(2,3)4/h6,10-13,17,19H,1,7-9H2,2-5H3,(H,18,21)/t10-,11+,12-,13-/m0/s1. The van der Waals surface area contributed by atoms with E-state index in [0.29, 0.717) is 6.42 Å². The summed E-state index contributed by atoms with van der Waals surface area (Å²) in [5.74, 6) is -0.728. The maximum absolute atomic E-state index is 11.9. The quantitative estimate of drug-likeness (QED) is 0.502. The summed E-state index contributed by atoms with van der Waals surface area (Å²) >= 11 is 0. The molecule has 0 aromatic carbocycles. The van der Waals surface area contributed by atoms with Gasteiger partial charge in [0.1, 0.15) is 17.9 Å². The second-order valence-electron chi connectivity index (χ2n) is 6.79. The normalized spacial score (nSPS) is 25.5. The molecule has 0 aromatic heterocycles. The first-order valence-electron chi connectivity index (χ1n) is 7.78. The zero-order chi connectivity index (χ0) is 17.6. The van der Waals surface area contributed by atoms with Gasteiger partial charge in [-0.15, -0.1) is 6.58 Å². The van der Waals surface area contributed by atoms with E-state index in [2.05, 4.69) is 17.2 Å². The summed E-state index contributed by atoms with van der Waals surface area (Å²) in [5, 5.41) is 15.6. The van der Waals surface area contributed by atoms with Crippen molar-refractivity contribution < 1.29 is 24.2 Å². The van der Waals surface area contributed by atoms with Crippen LogP contribution < -0.4 is 10.6 Å². The van der Waals surface area contributed by atoms with E-state index >= 15 is 0 Å². The van der Waals surface area contributed by atoms with E-state index in [4.69, 9.17) is 9.47 Å². The minimum atomic E-state index is -0.862. The number of ether oxygens (including phenoxy) is 2. The van der Waals surface area contributed by atoms with E-state index in [0.717, 1.165) is 6.42 Å². The van der Waals surface area contributed by atoms with Gasteiger partial charge in [0.15, 0.2) is 0 Å². The lowest BCUT2D eigenvalue weighted by Crippen LogP contribution is -2.46. The van der Waals surface area contributed by atoms with Crippen molar-refractivity contribution in [1.82, 2.24) is 10.6 Å². The third kappa shape index (κ3) is 6.58. The number of aliphatic hydroxyl groups excluding tert-OH is 1. The van der Waals surface area contributed by atoms with Gasteiger partial charge in [-0.1, -0.05) is 6.08 Å². The van der Waals surface area contributed by atoms with E-state index in [1.807, 2.05) is 0 Å². The molecule has 1 saturated heterocycles. The van der Waals surface area contributed by atoms with Crippen molar-refractivity contribution in [3.8, 4) is 0 Å². The highest BCUT2D eigenvalue weighted by Crippen LogP contribution is 2.26. The van der Waals surface area contributed by atoms with Crippen LogP contribution in [0, 0.1) is 5.92 Å². The summed E-state index contributed by atoms with van der Waals surface area (Å²) in [6, 6.07) is -0.744. The first-order valence-corrected chi connectivity index (χ1v) is 7.78. The molecule has 4 atom stereocenters. The highest BCUT2D eigenvalue weighted by molar-refractivity contribution is 5.81. The minimum Gasteiger partial charge on any atom is -0.467 e. The van der Waals surface area contributed by atoms with Gasteiger partial charge in [-0.3, -0.25) is 5.32 Å². The van der Waals surface area contributed by atoms with Gasteiger partial charge in [-0.05, 0) is 40.0 Å². The number of methoxy groups -OCH3 is 1. The highest BCUT2D eigenvalue weighted by atomic mass is 16.6. The van der Waals surface area contributed by atoms with Crippen LogP contribution in [0.2, 0.25) is 0 Å². The number of alkyl carbamates (subject to hydrolysis) is 1. The summed E-state index contributed by atoms with van der Waals surface area (Å²) in [4.78, 5) is 23.8. The Bertz CT molecular complexity index is 433. The monoisotopic (exact) mass is 328 g/mol. The molecule has 23 heavy (non-hydrogen) atoms. The maximum atomic E-state index is 11.9. The molecule has 0 radical (unpaired) electrons. The number of carbonyl (C=O) groups excluding carboxylic acids is 2. The zero-order valence-corrected chi connectivity index (χ0v) is 14.3. The van der Waals surface area contributed by atoms with Crippen LogP contribution >= 0.6 is 0 Å². The van der Waals surface area contributed by atoms with Gasteiger partial charge in [0.2, 0.25) is 0 Å². The SMILES string of the molecule is C=CC[C@@H]1C[C@@H](C[C@H](NC(=O)OC(C)(C)C)C(=O)OC)[C@H](O)N1. The first-order chi connectivity index (χ1) is 10.7. The molecule has 7 nitrogen and oxygen atoms in total. The lowest BCUT2D eigenvalue weighted by atomic mass is 9.95. The molecule has 0 spiro atoms. The molecular formula is C16H28N2O5. The molecular weight excluding hydrogens is 300 g/mol. The Morgan fingerprint density at radius 1 is 1.48 bits per heavy atom. The molecule has 0 bridgehead atoms. The number of aliphatic hydroxyl groups is 1. The maximum Gasteiger partial charge on any atom is 0.408 e. The third-order valence-corrected chi connectivity index (χ3v) is 3.61. The third-order valence-electron chi connectivity index (χ3n) is 3.61. The minimum absolute atomic E-state index is 0.118. The van der Waals surface area contributed by atoms with Gasteiger partial charge in [0.25, 0.3) is 0 Å². The smallest absolute Gasteiger partial charge is 0.408 e. The molecule has 0 aliphatic carbocycles. The van der Waals surface area contributed by atoms with Crippen molar-refractivity contribution in [2.45, 2.75) is 63.9 Å². The van der Waals surface area contributed by atoms with Crippen molar-refractivity contribution >= 4 is 12.1 Å². The second-order valence-corrected chi connectivity index (χ2v) is 6.79. The van der Waals surface area contributed by atoms with Crippen LogP contribution in [-0.4, -0.2) is 48.2 Å². The van der Waals surface area contributed by atoms with Gasteiger partial charge in [-0.25, -0.2) is 9.59 Å². The van der Waals surface area contributed by atoms with E-state index in [9.17, 15) is 14.7 Å². The van der Waals surface area contributed by atoms with Crippen LogP contribution in [0.4, 0.5) is 4.79 Å². The van der Waals surface area contributed by atoms with Gasteiger partial charge >= 0.3 is 12.1 Å². The van der Waals surface area contributed by atoms with Crippen molar-refractivity contribution in [3.63, 3.8) is 0 Å². The summed E-state index contributed by atoms with van der Waals surface area (Å²) in [7, 11) is 1.26. The fourth-order valence-corrected chi connectivity index (χ4v) is 2.64. The van der Waals surface area contributed by atoms with Gasteiger partial charge < -0.3 is 19.9 Å². The average molecular weight is 328 g/mol. The lowest BCUT2D eigenvalue weighted by molar-refractivity contribution is -0.143. The van der Waals surface area contributed by atoms with Crippen molar-refractivity contribution in [2.75, 3.05) is 7.11 Å². The largest absolute Gasteiger partial charge is 0.467 e.